The van der Waals surface area contributed by atoms with E-state index in [1.54, 1.807) is 36.2 Å². The molecule has 1 N–H and O–H groups in total. The van der Waals surface area contributed by atoms with Crippen LogP contribution in [0.2, 0.25) is 0 Å². The highest BCUT2D eigenvalue weighted by atomic mass is 32.2. The number of anilines is 2. The van der Waals surface area contributed by atoms with E-state index in [4.69, 9.17) is 0 Å². The standard InChI is InChI=1S/C24H26N2O3S2/c1-2-3-8-18-12-13-23-21(17-18)26(20-10-4-5-11-22(20)30-23)16-14-24(31(27,28)29)19-9-6-7-15-25-19/h4-7,9-13,15,17,24H,2-3,8,14,16H2,1H3,(H,27,28,29). The van der Waals surface area contributed by atoms with Crippen molar-refractivity contribution in [3.63, 3.8) is 0 Å². The van der Waals surface area contributed by atoms with Crippen molar-refractivity contribution in [2.45, 2.75) is 47.6 Å². The molecule has 1 aromatic heterocycles. The van der Waals surface area contributed by atoms with Gasteiger partial charge >= 0.3 is 0 Å². The molecule has 0 fully saturated rings. The van der Waals surface area contributed by atoms with E-state index in [9.17, 15) is 13.0 Å². The Labute approximate surface area is 188 Å². The van der Waals surface area contributed by atoms with Crippen molar-refractivity contribution in [3.05, 3.63) is 78.1 Å². The van der Waals surface area contributed by atoms with Crippen LogP contribution >= 0.6 is 11.8 Å². The highest BCUT2D eigenvalue weighted by Gasteiger charge is 2.29. The van der Waals surface area contributed by atoms with Crippen LogP contribution < -0.4 is 4.90 Å². The van der Waals surface area contributed by atoms with E-state index in [0.717, 1.165) is 40.4 Å². The molecule has 1 unspecified atom stereocenters. The van der Waals surface area contributed by atoms with Crippen molar-refractivity contribution >= 4 is 33.3 Å². The molecule has 2 heterocycles. The SMILES string of the molecule is CCCCc1ccc2c(c1)N(CCC(c1ccccn1)S(=O)(=O)O)c1ccccc1S2. The molecule has 2 aromatic carbocycles. The summed E-state index contributed by atoms with van der Waals surface area (Å²) in [6, 6.07) is 19.8. The van der Waals surface area contributed by atoms with Crippen LogP contribution in [-0.2, 0) is 16.5 Å². The van der Waals surface area contributed by atoms with Gasteiger partial charge in [0.2, 0.25) is 0 Å². The minimum Gasteiger partial charge on any atom is -0.340 e. The van der Waals surface area contributed by atoms with Gasteiger partial charge in [0.15, 0.2) is 0 Å². The average molecular weight is 455 g/mol. The van der Waals surface area contributed by atoms with Gasteiger partial charge in [-0.2, -0.15) is 8.42 Å². The first-order chi connectivity index (χ1) is 15.0. The number of hydrogen-bond acceptors (Lipinski definition) is 5. The Morgan fingerprint density at radius 1 is 1.03 bits per heavy atom. The highest BCUT2D eigenvalue weighted by molar-refractivity contribution is 7.99. The van der Waals surface area contributed by atoms with Crippen LogP contribution in [0.3, 0.4) is 0 Å². The molecule has 0 amide bonds. The molecule has 1 aliphatic rings. The zero-order valence-corrected chi connectivity index (χ0v) is 19.1. The topological polar surface area (TPSA) is 70.5 Å². The molecule has 0 radical (unpaired) electrons. The van der Waals surface area contributed by atoms with E-state index >= 15 is 0 Å². The van der Waals surface area contributed by atoms with E-state index in [-0.39, 0.29) is 6.42 Å². The molecule has 0 bridgehead atoms. The number of para-hydroxylation sites is 1. The van der Waals surface area contributed by atoms with Gasteiger partial charge in [-0.25, -0.2) is 0 Å². The number of aryl methyl sites for hydroxylation is 1. The third-order valence-electron chi connectivity index (χ3n) is 5.50. The number of nitrogens with zero attached hydrogens (tertiary/aromatic N) is 2. The molecule has 0 saturated heterocycles. The summed E-state index contributed by atoms with van der Waals surface area (Å²) in [6.07, 6.45) is 5.07. The number of rotatable bonds is 8. The summed E-state index contributed by atoms with van der Waals surface area (Å²) >= 11 is 1.73. The Morgan fingerprint density at radius 3 is 2.55 bits per heavy atom. The van der Waals surface area contributed by atoms with Crippen molar-refractivity contribution in [1.82, 2.24) is 4.98 Å². The minimum atomic E-state index is -4.29. The Hall–Kier alpha value is -2.35. The predicted molar refractivity (Wildman–Crippen MR) is 126 cm³/mol. The largest absolute Gasteiger partial charge is 0.340 e. The summed E-state index contributed by atoms with van der Waals surface area (Å²) in [6.45, 7) is 2.63. The third kappa shape index (κ3) is 4.95. The number of hydrogen-bond donors (Lipinski definition) is 1. The molecule has 0 saturated carbocycles. The van der Waals surface area contributed by atoms with E-state index in [0.29, 0.717) is 12.2 Å². The van der Waals surface area contributed by atoms with Gasteiger partial charge in [-0.3, -0.25) is 9.54 Å². The fourth-order valence-electron chi connectivity index (χ4n) is 3.91. The van der Waals surface area contributed by atoms with Crippen LogP contribution in [0.4, 0.5) is 11.4 Å². The smallest absolute Gasteiger partial charge is 0.273 e. The monoisotopic (exact) mass is 454 g/mol. The molecular weight excluding hydrogens is 428 g/mol. The summed E-state index contributed by atoms with van der Waals surface area (Å²) in [5, 5.41) is -1.07. The minimum absolute atomic E-state index is 0.230. The second kappa shape index (κ2) is 9.42. The van der Waals surface area contributed by atoms with Crippen molar-refractivity contribution in [2.24, 2.45) is 0 Å². The van der Waals surface area contributed by atoms with Crippen LogP contribution in [0, 0.1) is 0 Å². The first-order valence-electron chi connectivity index (χ1n) is 10.5. The fraction of sp³-hybridized carbons (Fsp3) is 0.292. The van der Waals surface area contributed by atoms with E-state index in [2.05, 4.69) is 47.1 Å². The van der Waals surface area contributed by atoms with Crippen molar-refractivity contribution < 1.29 is 13.0 Å². The van der Waals surface area contributed by atoms with E-state index < -0.39 is 15.4 Å². The number of pyridine rings is 1. The van der Waals surface area contributed by atoms with Gasteiger partial charge in [-0.1, -0.05) is 49.4 Å². The van der Waals surface area contributed by atoms with Gasteiger partial charge in [0.05, 0.1) is 17.1 Å². The Morgan fingerprint density at radius 2 is 1.81 bits per heavy atom. The zero-order valence-electron chi connectivity index (χ0n) is 17.4. The summed E-state index contributed by atoms with van der Waals surface area (Å²) in [5.74, 6) is 0. The van der Waals surface area contributed by atoms with Gasteiger partial charge in [-0.05, 0) is 61.2 Å². The van der Waals surface area contributed by atoms with Crippen LogP contribution in [0.25, 0.3) is 0 Å². The maximum Gasteiger partial charge on any atom is 0.273 e. The molecule has 1 aliphatic heterocycles. The van der Waals surface area contributed by atoms with Crippen LogP contribution in [0.5, 0.6) is 0 Å². The van der Waals surface area contributed by atoms with Gasteiger partial charge in [0, 0.05) is 22.5 Å². The van der Waals surface area contributed by atoms with Gasteiger partial charge in [-0.15, -0.1) is 0 Å². The fourth-order valence-corrected chi connectivity index (χ4v) is 5.84. The summed E-state index contributed by atoms with van der Waals surface area (Å²) in [7, 11) is -4.29. The zero-order chi connectivity index (χ0) is 21.8. The van der Waals surface area contributed by atoms with Gasteiger partial charge in [0.25, 0.3) is 10.1 Å². The summed E-state index contributed by atoms with van der Waals surface area (Å²) in [4.78, 5) is 8.65. The van der Waals surface area contributed by atoms with Gasteiger partial charge < -0.3 is 4.90 Å². The third-order valence-corrected chi connectivity index (χ3v) is 7.83. The molecule has 4 rings (SSSR count). The van der Waals surface area contributed by atoms with E-state index in [1.807, 2.05) is 12.1 Å². The first kappa shape index (κ1) is 21.9. The van der Waals surface area contributed by atoms with E-state index in [1.165, 1.54) is 5.56 Å². The van der Waals surface area contributed by atoms with Crippen LogP contribution in [0.1, 0.15) is 42.7 Å². The lowest BCUT2D eigenvalue weighted by Crippen LogP contribution is -2.26. The number of unbranched alkanes of at least 4 members (excludes halogenated alkanes) is 1. The Balaban J connectivity index is 1.68. The van der Waals surface area contributed by atoms with Crippen LogP contribution in [-0.4, -0.2) is 24.5 Å². The average Bonchev–Trinajstić information content (AvgIpc) is 2.77. The molecule has 3 aromatic rings. The molecule has 0 spiro atoms. The number of fused-ring (bicyclic) bond motifs is 2. The molecule has 0 aliphatic carbocycles. The lowest BCUT2D eigenvalue weighted by molar-refractivity contribution is 0.463. The lowest BCUT2D eigenvalue weighted by atomic mass is 10.1. The molecule has 162 valence electrons. The predicted octanol–water partition coefficient (Wildman–Crippen LogP) is 6.05. The number of aromatic nitrogens is 1. The van der Waals surface area contributed by atoms with Gasteiger partial charge in [0.1, 0.15) is 5.25 Å². The summed E-state index contributed by atoms with van der Waals surface area (Å²) in [5.41, 5.74) is 3.79. The van der Waals surface area contributed by atoms with Crippen molar-refractivity contribution in [1.29, 1.82) is 0 Å². The molecule has 1 atom stereocenters. The Bertz CT molecular complexity index is 1150. The summed E-state index contributed by atoms with van der Waals surface area (Å²) < 4.78 is 34.2. The van der Waals surface area contributed by atoms with Crippen LogP contribution in [0.15, 0.2) is 76.7 Å². The molecule has 5 nitrogen and oxygen atoms in total. The second-order valence-corrected chi connectivity index (χ2v) is 10.4. The molecular formula is C24H26N2O3S2. The first-order valence-corrected chi connectivity index (χ1v) is 12.8. The maximum atomic E-state index is 12.2. The Kier molecular flexibility index (Phi) is 6.65. The maximum absolute atomic E-state index is 12.2. The lowest BCUT2D eigenvalue weighted by Gasteiger charge is -2.34. The van der Waals surface area contributed by atoms with Crippen molar-refractivity contribution in [2.75, 3.05) is 11.4 Å². The number of benzene rings is 2. The highest BCUT2D eigenvalue weighted by Crippen LogP contribution is 2.48. The molecule has 31 heavy (non-hydrogen) atoms. The van der Waals surface area contributed by atoms with Crippen molar-refractivity contribution in [3.8, 4) is 0 Å². The molecule has 7 heteroatoms. The normalized spacial score (nSPS) is 14.1. The second-order valence-electron chi connectivity index (χ2n) is 7.67. The quantitative estimate of drug-likeness (QED) is 0.418.